The van der Waals surface area contributed by atoms with Gasteiger partial charge in [-0.15, -0.1) is 0 Å². The van der Waals surface area contributed by atoms with Crippen LogP contribution in [0.2, 0.25) is 0 Å². The summed E-state index contributed by atoms with van der Waals surface area (Å²) in [6.07, 6.45) is 6.47. The zero-order valence-corrected chi connectivity index (χ0v) is 15.6. The number of aromatic amines is 1. The molecule has 1 saturated heterocycles. The molecule has 0 spiro atoms. The van der Waals surface area contributed by atoms with Crippen molar-refractivity contribution in [2.24, 2.45) is 0 Å². The Morgan fingerprint density at radius 3 is 2.57 bits per heavy atom. The number of amides is 2. The van der Waals surface area contributed by atoms with E-state index in [9.17, 15) is 9.59 Å². The van der Waals surface area contributed by atoms with E-state index in [1.165, 1.54) is 0 Å². The van der Waals surface area contributed by atoms with Crippen LogP contribution in [0.15, 0.2) is 30.7 Å². The standard InChI is InChI=1S/C20H22N6O2/c27-19(14-4-5-16-17(11-14)22-13-21-16)24-7-9-25(10-8-24)20(28)15-12-23-26-6-2-1-3-18(15)26/h4-5,11-13H,1-3,6-10H2,(H,21,22). The molecule has 2 aromatic heterocycles. The largest absolute Gasteiger partial charge is 0.345 e. The first-order valence-corrected chi connectivity index (χ1v) is 9.77. The second-order valence-electron chi connectivity index (χ2n) is 7.40. The van der Waals surface area contributed by atoms with Crippen molar-refractivity contribution in [2.75, 3.05) is 26.2 Å². The molecule has 0 radical (unpaired) electrons. The van der Waals surface area contributed by atoms with E-state index >= 15 is 0 Å². The van der Waals surface area contributed by atoms with Crippen LogP contribution in [-0.2, 0) is 13.0 Å². The van der Waals surface area contributed by atoms with Gasteiger partial charge in [-0.25, -0.2) is 4.98 Å². The Hall–Kier alpha value is -3.16. The molecular weight excluding hydrogens is 356 g/mol. The Morgan fingerprint density at radius 1 is 0.964 bits per heavy atom. The van der Waals surface area contributed by atoms with E-state index < -0.39 is 0 Å². The van der Waals surface area contributed by atoms with Gasteiger partial charge in [-0.2, -0.15) is 5.10 Å². The summed E-state index contributed by atoms with van der Waals surface area (Å²) in [4.78, 5) is 36.7. The fraction of sp³-hybridized carbons (Fsp3) is 0.400. The lowest BCUT2D eigenvalue weighted by molar-refractivity contribution is 0.0534. The van der Waals surface area contributed by atoms with E-state index in [2.05, 4.69) is 15.1 Å². The van der Waals surface area contributed by atoms with Crippen LogP contribution < -0.4 is 0 Å². The van der Waals surface area contributed by atoms with Crippen LogP contribution in [0, 0.1) is 0 Å². The molecule has 144 valence electrons. The van der Waals surface area contributed by atoms with E-state index in [1.807, 2.05) is 32.7 Å². The van der Waals surface area contributed by atoms with Crippen molar-refractivity contribution in [3.05, 3.63) is 47.5 Å². The summed E-state index contributed by atoms with van der Waals surface area (Å²) in [5.41, 5.74) is 4.12. The summed E-state index contributed by atoms with van der Waals surface area (Å²) in [5, 5.41) is 4.37. The van der Waals surface area contributed by atoms with Gasteiger partial charge in [0.2, 0.25) is 0 Å². The van der Waals surface area contributed by atoms with Crippen LogP contribution in [0.3, 0.4) is 0 Å². The molecule has 0 bridgehead atoms. The first-order valence-electron chi connectivity index (χ1n) is 9.77. The number of hydrogen-bond donors (Lipinski definition) is 1. The molecule has 1 N–H and O–H groups in total. The van der Waals surface area contributed by atoms with Crippen LogP contribution in [-0.4, -0.2) is 67.5 Å². The number of aryl methyl sites for hydroxylation is 1. The molecular formula is C20H22N6O2. The Balaban J connectivity index is 1.26. The van der Waals surface area contributed by atoms with E-state index in [0.717, 1.165) is 48.1 Å². The molecule has 4 heterocycles. The molecule has 2 aliphatic heterocycles. The average Bonchev–Trinajstić information content (AvgIpc) is 3.39. The van der Waals surface area contributed by atoms with Crippen LogP contribution >= 0.6 is 0 Å². The SMILES string of the molecule is O=C(c1ccc2nc[nH]c2c1)N1CCN(C(=O)c2cnn3c2CCCC3)CC1. The third-order valence-corrected chi connectivity index (χ3v) is 5.73. The first kappa shape index (κ1) is 17.0. The number of imidazole rings is 1. The predicted molar refractivity (Wildman–Crippen MR) is 103 cm³/mol. The average molecular weight is 378 g/mol. The Bertz CT molecular complexity index is 1040. The highest BCUT2D eigenvalue weighted by atomic mass is 16.2. The minimum Gasteiger partial charge on any atom is -0.345 e. The van der Waals surface area contributed by atoms with Crippen LogP contribution in [0.25, 0.3) is 11.0 Å². The molecule has 3 aromatic rings. The lowest BCUT2D eigenvalue weighted by Gasteiger charge is -2.35. The quantitative estimate of drug-likeness (QED) is 0.735. The molecule has 2 amide bonds. The van der Waals surface area contributed by atoms with Crippen molar-refractivity contribution in [3.63, 3.8) is 0 Å². The summed E-state index contributed by atoms with van der Waals surface area (Å²) in [6, 6.07) is 5.49. The zero-order chi connectivity index (χ0) is 19.1. The Morgan fingerprint density at radius 2 is 1.75 bits per heavy atom. The number of carbonyl (C=O) groups is 2. The molecule has 0 unspecified atom stereocenters. The summed E-state index contributed by atoms with van der Waals surface area (Å²) < 4.78 is 1.96. The number of benzene rings is 1. The van der Waals surface area contributed by atoms with E-state index in [0.29, 0.717) is 31.7 Å². The minimum absolute atomic E-state index is 0.00786. The van der Waals surface area contributed by atoms with Gasteiger partial charge in [-0.3, -0.25) is 14.3 Å². The second kappa shape index (κ2) is 6.78. The number of rotatable bonds is 2. The number of nitrogens with zero attached hydrogens (tertiary/aromatic N) is 5. The molecule has 8 heteroatoms. The molecule has 1 aromatic carbocycles. The smallest absolute Gasteiger partial charge is 0.257 e. The number of aromatic nitrogens is 4. The van der Waals surface area contributed by atoms with E-state index in [4.69, 9.17) is 0 Å². The van der Waals surface area contributed by atoms with E-state index in [-0.39, 0.29) is 11.8 Å². The maximum Gasteiger partial charge on any atom is 0.257 e. The third-order valence-electron chi connectivity index (χ3n) is 5.73. The number of fused-ring (bicyclic) bond motifs is 2. The first-order chi connectivity index (χ1) is 13.7. The molecule has 5 rings (SSSR count). The zero-order valence-electron chi connectivity index (χ0n) is 15.6. The van der Waals surface area contributed by atoms with Crippen molar-refractivity contribution >= 4 is 22.8 Å². The van der Waals surface area contributed by atoms with Crippen LogP contribution in [0.4, 0.5) is 0 Å². The van der Waals surface area contributed by atoms with Crippen molar-refractivity contribution in [1.82, 2.24) is 29.5 Å². The summed E-state index contributed by atoms with van der Waals surface area (Å²) in [7, 11) is 0. The van der Waals surface area contributed by atoms with Crippen LogP contribution in [0.5, 0.6) is 0 Å². The van der Waals surface area contributed by atoms with Gasteiger partial charge in [-0.05, 0) is 37.5 Å². The van der Waals surface area contributed by atoms with Gasteiger partial charge in [0.25, 0.3) is 11.8 Å². The normalized spacial score (nSPS) is 17.0. The molecule has 1 fully saturated rings. The highest BCUT2D eigenvalue weighted by Crippen LogP contribution is 2.21. The van der Waals surface area contributed by atoms with Gasteiger partial charge >= 0.3 is 0 Å². The monoisotopic (exact) mass is 378 g/mol. The van der Waals surface area contributed by atoms with Crippen molar-refractivity contribution in [2.45, 2.75) is 25.8 Å². The Labute approximate surface area is 162 Å². The lowest BCUT2D eigenvalue weighted by atomic mass is 10.1. The van der Waals surface area contributed by atoms with Crippen LogP contribution in [0.1, 0.15) is 39.3 Å². The molecule has 2 aliphatic rings. The fourth-order valence-electron chi connectivity index (χ4n) is 4.13. The topological polar surface area (TPSA) is 87.1 Å². The van der Waals surface area contributed by atoms with Gasteiger partial charge in [0.15, 0.2) is 0 Å². The summed E-state index contributed by atoms with van der Waals surface area (Å²) >= 11 is 0. The van der Waals surface area contributed by atoms with Gasteiger partial charge < -0.3 is 14.8 Å². The fourth-order valence-corrected chi connectivity index (χ4v) is 4.13. The maximum absolute atomic E-state index is 13.0. The number of nitrogens with one attached hydrogen (secondary N) is 1. The third kappa shape index (κ3) is 2.85. The molecule has 0 aliphatic carbocycles. The van der Waals surface area contributed by atoms with Gasteiger partial charge in [-0.1, -0.05) is 0 Å². The highest BCUT2D eigenvalue weighted by molar-refractivity contribution is 5.98. The molecule has 28 heavy (non-hydrogen) atoms. The number of piperazine rings is 1. The predicted octanol–water partition coefficient (Wildman–Crippen LogP) is 1.69. The maximum atomic E-state index is 13.0. The van der Waals surface area contributed by atoms with Crippen molar-refractivity contribution < 1.29 is 9.59 Å². The highest BCUT2D eigenvalue weighted by Gasteiger charge is 2.28. The molecule has 0 atom stereocenters. The minimum atomic E-state index is -0.00786. The van der Waals surface area contributed by atoms with Crippen molar-refractivity contribution in [1.29, 1.82) is 0 Å². The lowest BCUT2D eigenvalue weighted by Crippen LogP contribution is -2.50. The number of H-pyrrole nitrogens is 1. The number of hydrogen-bond acceptors (Lipinski definition) is 4. The summed E-state index contributed by atoms with van der Waals surface area (Å²) in [6.45, 7) is 3.05. The number of carbonyl (C=O) groups excluding carboxylic acids is 2. The van der Waals surface area contributed by atoms with E-state index in [1.54, 1.807) is 12.5 Å². The van der Waals surface area contributed by atoms with Gasteiger partial charge in [0.05, 0.1) is 34.8 Å². The van der Waals surface area contributed by atoms with Gasteiger partial charge in [0, 0.05) is 38.3 Å². The van der Waals surface area contributed by atoms with Crippen molar-refractivity contribution in [3.8, 4) is 0 Å². The Kier molecular flexibility index (Phi) is 4.11. The molecule has 8 nitrogen and oxygen atoms in total. The second-order valence-corrected chi connectivity index (χ2v) is 7.40. The van der Waals surface area contributed by atoms with Gasteiger partial charge in [0.1, 0.15) is 0 Å². The molecule has 0 saturated carbocycles. The summed E-state index contributed by atoms with van der Waals surface area (Å²) in [5.74, 6) is 0.0284.